The van der Waals surface area contributed by atoms with Crippen molar-refractivity contribution in [2.45, 2.75) is 6.42 Å². The van der Waals surface area contributed by atoms with Gasteiger partial charge in [-0.1, -0.05) is 17.7 Å². The minimum atomic E-state index is -0.538. The first-order valence-electron chi connectivity index (χ1n) is 7.21. The number of fused-ring (bicyclic) bond motifs is 1. The third-order valence-corrected chi connectivity index (χ3v) is 3.90. The molecule has 0 saturated heterocycles. The third kappa shape index (κ3) is 4.28. The highest BCUT2D eigenvalue weighted by Crippen LogP contribution is 2.34. The summed E-state index contributed by atoms with van der Waals surface area (Å²) in [6.07, 6.45) is -0.217. The second-order valence-corrected chi connectivity index (χ2v) is 5.89. The van der Waals surface area contributed by atoms with E-state index in [-0.39, 0.29) is 28.9 Å². The molecule has 0 unspecified atom stereocenters. The van der Waals surface area contributed by atoms with E-state index in [1.165, 1.54) is 18.2 Å². The maximum atomic E-state index is 13.7. The van der Waals surface area contributed by atoms with E-state index in [1.54, 1.807) is 18.2 Å². The number of carbonyl (C=O) groups excluding carboxylic acids is 1. The molecule has 1 aliphatic heterocycles. The summed E-state index contributed by atoms with van der Waals surface area (Å²) in [5.74, 6) is 0.232. The Hall–Kier alpha value is -2.58. The Balaban J connectivity index is 1.51. The molecular weight excluding hydrogens is 369 g/mol. The van der Waals surface area contributed by atoms with Gasteiger partial charge in [0, 0.05) is 22.3 Å². The van der Waals surface area contributed by atoms with Crippen molar-refractivity contribution in [2.75, 3.05) is 12.1 Å². The van der Waals surface area contributed by atoms with Crippen LogP contribution in [0, 0.1) is 5.82 Å². The Kier molecular flexibility index (Phi) is 5.20. The molecule has 0 fully saturated rings. The van der Waals surface area contributed by atoms with Gasteiger partial charge in [0.2, 0.25) is 12.7 Å². The van der Waals surface area contributed by atoms with E-state index < -0.39 is 11.7 Å². The highest BCUT2D eigenvalue weighted by molar-refractivity contribution is 7.80. The highest BCUT2D eigenvalue weighted by Gasteiger charge is 2.14. The van der Waals surface area contributed by atoms with Crippen LogP contribution >= 0.6 is 23.8 Å². The molecule has 25 heavy (non-hydrogen) atoms. The lowest BCUT2D eigenvalue weighted by molar-refractivity contribution is -0.121. The zero-order chi connectivity index (χ0) is 17.8. The lowest BCUT2D eigenvalue weighted by atomic mass is 10.1. The smallest absolute Gasteiger partial charge is 0.242 e. The standard InChI is InChI=1S/C16H13ClFN3O3S/c17-11-2-1-3-12(18)10(11)7-15(22)20-21-16(25)19-9-4-5-13-14(6-9)24-8-23-13/h1-6H,7-8H2,(H,20,22)(H2,19,21,25). The number of hydrogen-bond donors (Lipinski definition) is 3. The largest absolute Gasteiger partial charge is 0.454 e. The Labute approximate surface area is 153 Å². The maximum absolute atomic E-state index is 13.7. The molecule has 0 aromatic heterocycles. The van der Waals surface area contributed by atoms with Gasteiger partial charge in [-0.3, -0.25) is 15.6 Å². The quantitative estimate of drug-likeness (QED) is 0.561. The number of hydrazine groups is 1. The number of benzene rings is 2. The van der Waals surface area contributed by atoms with Gasteiger partial charge in [0.15, 0.2) is 16.6 Å². The molecule has 3 rings (SSSR count). The summed E-state index contributed by atoms with van der Waals surface area (Å²) in [6.45, 7) is 0.177. The summed E-state index contributed by atoms with van der Waals surface area (Å²) in [7, 11) is 0. The highest BCUT2D eigenvalue weighted by atomic mass is 35.5. The van der Waals surface area contributed by atoms with Gasteiger partial charge in [0.25, 0.3) is 0 Å². The molecule has 2 aromatic rings. The van der Waals surface area contributed by atoms with Gasteiger partial charge in [0.05, 0.1) is 6.42 Å². The van der Waals surface area contributed by atoms with Crippen molar-refractivity contribution in [1.82, 2.24) is 10.9 Å². The van der Waals surface area contributed by atoms with E-state index in [1.807, 2.05) is 0 Å². The molecule has 0 bridgehead atoms. The van der Waals surface area contributed by atoms with Crippen LogP contribution < -0.4 is 25.6 Å². The Morgan fingerprint density at radius 1 is 1.20 bits per heavy atom. The van der Waals surface area contributed by atoms with E-state index in [9.17, 15) is 9.18 Å². The average molecular weight is 382 g/mol. The number of rotatable bonds is 3. The SMILES string of the molecule is O=C(Cc1c(F)cccc1Cl)NNC(=S)Nc1ccc2c(c1)OCO2. The van der Waals surface area contributed by atoms with E-state index in [4.69, 9.17) is 33.3 Å². The third-order valence-electron chi connectivity index (χ3n) is 3.34. The van der Waals surface area contributed by atoms with Crippen LogP contribution in [0.2, 0.25) is 5.02 Å². The van der Waals surface area contributed by atoms with Crippen LogP contribution in [-0.4, -0.2) is 17.8 Å². The summed E-state index contributed by atoms with van der Waals surface area (Å²) in [6, 6.07) is 9.45. The predicted molar refractivity (Wildman–Crippen MR) is 95.2 cm³/mol. The van der Waals surface area contributed by atoms with Crippen LogP contribution in [0.25, 0.3) is 0 Å². The number of anilines is 1. The van der Waals surface area contributed by atoms with E-state index in [2.05, 4.69) is 16.2 Å². The Morgan fingerprint density at radius 3 is 2.80 bits per heavy atom. The van der Waals surface area contributed by atoms with Gasteiger partial charge in [-0.05, 0) is 36.5 Å². The van der Waals surface area contributed by atoms with Crippen LogP contribution in [0.5, 0.6) is 11.5 Å². The van der Waals surface area contributed by atoms with Crippen molar-refractivity contribution >= 4 is 40.5 Å². The minimum absolute atomic E-state index is 0.123. The summed E-state index contributed by atoms with van der Waals surface area (Å²) < 4.78 is 24.1. The van der Waals surface area contributed by atoms with Crippen molar-refractivity contribution in [3.05, 3.63) is 52.8 Å². The minimum Gasteiger partial charge on any atom is -0.454 e. The van der Waals surface area contributed by atoms with Gasteiger partial charge < -0.3 is 14.8 Å². The molecule has 130 valence electrons. The number of halogens is 2. The van der Waals surface area contributed by atoms with Crippen LogP contribution in [0.1, 0.15) is 5.56 Å². The van der Waals surface area contributed by atoms with Gasteiger partial charge in [0.1, 0.15) is 5.82 Å². The molecular formula is C16H13ClFN3O3S. The Bertz CT molecular complexity index is 814. The number of nitrogens with one attached hydrogen (secondary N) is 3. The number of thiocarbonyl (C=S) groups is 1. The molecule has 1 amide bonds. The van der Waals surface area contributed by atoms with Crippen LogP contribution in [0.4, 0.5) is 10.1 Å². The van der Waals surface area contributed by atoms with Gasteiger partial charge >= 0.3 is 0 Å². The molecule has 1 heterocycles. The molecule has 2 aromatic carbocycles. The summed E-state index contributed by atoms with van der Waals surface area (Å²) in [5.41, 5.74) is 5.71. The zero-order valence-electron chi connectivity index (χ0n) is 12.8. The molecule has 9 heteroatoms. The van der Waals surface area contributed by atoms with Crippen molar-refractivity contribution in [1.29, 1.82) is 0 Å². The number of ether oxygens (including phenoxy) is 2. The van der Waals surface area contributed by atoms with Crippen molar-refractivity contribution in [2.24, 2.45) is 0 Å². The lowest BCUT2D eigenvalue weighted by Crippen LogP contribution is -2.44. The van der Waals surface area contributed by atoms with Crippen LogP contribution in [-0.2, 0) is 11.2 Å². The van der Waals surface area contributed by atoms with Gasteiger partial charge in [-0.15, -0.1) is 0 Å². The van der Waals surface area contributed by atoms with E-state index in [0.29, 0.717) is 17.2 Å². The molecule has 6 nitrogen and oxygen atoms in total. The average Bonchev–Trinajstić information content (AvgIpc) is 3.04. The molecule has 1 aliphatic rings. The number of carbonyl (C=O) groups is 1. The molecule has 0 radical (unpaired) electrons. The van der Waals surface area contributed by atoms with E-state index in [0.717, 1.165) is 0 Å². The summed E-state index contributed by atoms with van der Waals surface area (Å²) in [5, 5.41) is 3.23. The fourth-order valence-electron chi connectivity index (χ4n) is 2.17. The van der Waals surface area contributed by atoms with Crippen LogP contribution in [0.15, 0.2) is 36.4 Å². The normalized spacial score (nSPS) is 11.8. The van der Waals surface area contributed by atoms with Crippen molar-refractivity contribution < 1.29 is 18.7 Å². The summed E-state index contributed by atoms with van der Waals surface area (Å²) in [4.78, 5) is 11.9. The maximum Gasteiger partial charge on any atom is 0.242 e. The monoisotopic (exact) mass is 381 g/mol. The zero-order valence-corrected chi connectivity index (χ0v) is 14.3. The molecule has 0 aliphatic carbocycles. The van der Waals surface area contributed by atoms with Gasteiger partial charge in [-0.25, -0.2) is 4.39 Å². The Morgan fingerprint density at radius 2 is 2.00 bits per heavy atom. The first kappa shape index (κ1) is 17.2. The summed E-state index contributed by atoms with van der Waals surface area (Å²) >= 11 is 11.0. The topological polar surface area (TPSA) is 71.6 Å². The predicted octanol–water partition coefficient (Wildman–Crippen LogP) is 2.77. The molecule has 3 N–H and O–H groups in total. The molecule has 0 atom stereocenters. The molecule has 0 spiro atoms. The van der Waals surface area contributed by atoms with Crippen molar-refractivity contribution in [3.63, 3.8) is 0 Å². The second kappa shape index (κ2) is 7.54. The lowest BCUT2D eigenvalue weighted by Gasteiger charge is -2.12. The number of amides is 1. The van der Waals surface area contributed by atoms with Crippen LogP contribution in [0.3, 0.4) is 0 Å². The van der Waals surface area contributed by atoms with E-state index >= 15 is 0 Å². The second-order valence-electron chi connectivity index (χ2n) is 5.07. The van der Waals surface area contributed by atoms with Gasteiger partial charge in [-0.2, -0.15) is 0 Å². The first-order chi connectivity index (χ1) is 12.0. The van der Waals surface area contributed by atoms with Crippen molar-refractivity contribution in [3.8, 4) is 11.5 Å². The number of hydrogen-bond acceptors (Lipinski definition) is 4. The fourth-order valence-corrected chi connectivity index (χ4v) is 2.57. The fraction of sp³-hybridized carbons (Fsp3) is 0.125. The first-order valence-corrected chi connectivity index (χ1v) is 8.00. The molecule has 0 saturated carbocycles.